The van der Waals surface area contributed by atoms with Gasteiger partial charge in [-0.3, -0.25) is 4.68 Å². The summed E-state index contributed by atoms with van der Waals surface area (Å²) in [4.78, 5) is 3.99. The third-order valence-electron chi connectivity index (χ3n) is 2.51. The molecule has 0 aliphatic carbocycles. The van der Waals surface area contributed by atoms with Crippen LogP contribution in [-0.2, 0) is 13.5 Å². The lowest BCUT2D eigenvalue weighted by Gasteiger charge is -2.13. The van der Waals surface area contributed by atoms with Gasteiger partial charge in [0.25, 0.3) is 0 Å². The summed E-state index contributed by atoms with van der Waals surface area (Å²) in [7, 11) is 1.73. The summed E-state index contributed by atoms with van der Waals surface area (Å²) in [6.07, 6.45) is 0.669. The third-order valence-corrected chi connectivity index (χ3v) is 3.21. The molecular formula is C11H11BrFN3O. The number of benzene rings is 1. The second kappa shape index (κ2) is 4.93. The van der Waals surface area contributed by atoms with Crippen LogP contribution in [0, 0.1) is 5.82 Å². The molecule has 0 saturated carbocycles. The molecule has 2 rings (SSSR count). The molecule has 1 heterocycles. The van der Waals surface area contributed by atoms with Crippen LogP contribution < -0.4 is 0 Å². The first-order chi connectivity index (χ1) is 8.09. The SMILES string of the molecule is Cn1ncnc1CC(O)c1c(F)cccc1Br. The molecule has 1 unspecified atom stereocenters. The molecule has 17 heavy (non-hydrogen) atoms. The van der Waals surface area contributed by atoms with E-state index in [9.17, 15) is 9.50 Å². The van der Waals surface area contributed by atoms with Gasteiger partial charge in [-0.05, 0) is 12.1 Å². The van der Waals surface area contributed by atoms with E-state index >= 15 is 0 Å². The minimum atomic E-state index is -0.950. The molecule has 90 valence electrons. The van der Waals surface area contributed by atoms with Crippen molar-refractivity contribution >= 4 is 15.9 Å². The van der Waals surface area contributed by atoms with Crippen molar-refractivity contribution in [3.8, 4) is 0 Å². The van der Waals surface area contributed by atoms with E-state index in [-0.39, 0.29) is 12.0 Å². The summed E-state index contributed by atoms with van der Waals surface area (Å²) in [5, 5.41) is 13.9. The maximum Gasteiger partial charge on any atom is 0.138 e. The Balaban J connectivity index is 2.26. The van der Waals surface area contributed by atoms with Gasteiger partial charge in [0.05, 0.1) is 6.10 Å². The standard InChI is InChI=1S/C11H11BrFN3O/c1-16-10(14-6-15-16)5-9(17)11-7(12)3-2-4-8(11)13/h2-4,6,9,17H,5H2,1H3. The van der Waals surface area contributed by atoms with Crippen molar-refractivity contribution < 1.29 is 9.50 Å². The largest absolute Gasteiger partial charge is 0.388 e. The van der Waals surface area contributed by atoms with Crippen molar-refractivity contribution in [2.45, 2.75) is 12.5 Å². The molecule has 0 aliphatic rings. The highest BCUT2D eigenvalue weighted by Gasteiger charge is 2.18. The maximum absolute atomic E-state index is 13.6. The maximum atomic E-state index is 13.6. The Hall–Kier alpha value is -1.27. The number of rotatable bonds is 3. The first-order valence-corrected chi connectivity index (χ1v) is 5.83. The smallest absolute Gasteiger partial charge is 0.138 e. The predicted octanol–water partition coefficient (Wildman–Crippen LogP) is 1.99. The van der Waals surface area contributed by atoms with Crippen LogP contribution in [0.3, 0.4) is 0 Å². The van der Waals surface area contributed by atoms with E-state index in [4.69, 9.17) is 0 Å². The fourth-order valence-corrected chi connectivity index (χ4v) is 2.22. The van der Waals surface area contributed by atoms with Crippen molar-refractivity contribution in [2.75, 3.05) is 0 Å². The second-order valence-corrected chi connectivity index (χ2v) is 4.51. The Kier molecular flexibility index (Phi) is 3.54. The van der Waals surface area contributed by atoms with Gasteiger partial charge in [-0.2, -0.15) is 5.10 Å². The van der Waals surface area contributed by atoms with E-state index in [2.05, 4.69) is 26.0 Å². The summed E-state index contributed by atoms with van der Waals surface area (Å²) in [5.74, 6) is 0.168. The lowest BCUT2D eigenvalue weighted by molar-refractivity contribution is 0.169. The zero-order chi connectivity index (χ0) is 12.4. The van der Waals surface area contributed by atoms with Crippen LogP contribution in [-0.4, -0.2) is 19.9 Å². The van der Waals surface area contributed by atoms with Crippen molar-refractivity contribution in [1.29, 1.82) is 0 Å². The summed E-state index contributed by atoms with van der Waals surface area (Å²) in [6, 6.07) is 4.59. The van der Waals surface area contributed by atoms with Gasteiger partial charge in [-0.1, -0.05) is 22.0 Å². The number of aryl methyl sites for hydroxylation is 1. The highest BCUT2D eigenvalue weighted by molar-refractivity contribution is 9.10. The summed E-state index contributed by atoms with van der Waals surface area (Å²) in [6.45, 7) is 0. The quantitative estimate of drug-likeness (QED) is 0.943. The van der Waals surface area contributed by atoms with Gasteiger partial charge in [-0.25, -0.2) is 9.37 Å². The van der Waals surface area contributed by atoms with Crippen LogP contribution >= 0.6 is 15.9 Å². The van der Waals surface area contributed by atoms with Gasteiger partial charge in [0.2, 0.25) is 0 Å². The number of nitrogens with zero attached hydrogens (tertiary/aromatic N) is 3. The second-order valence-electron chi connectivity index (χ2n) is 3.66. The molecular weight excluding hydrogens is 289 g/mol. The predicted molar refractivity (Wildman–Crippen MR) is 63.8 cm³/mol. The molecule has 0 amide bonds. The number of hydrogen-bond donors (Lipinski definition) is 1. The summed E-state index contributed by atoms with van der Waals surface area (Å²) >= 11 is 3.23. The molecule has 1 N–H and O–H groups in total. The molecule has 1 atom stereocenters. The Morgan fingerprint density at radius 2 is 2.29 bits per heavy atom. The molecule has 1 aromatic heterocycles. The lowest BCUT2D eigenvalue weighted by atomic mass is 10.1. The topological polar surface area (TPSA) is 50.9 Å². The number of aliphatic hydroxyl groups excluding tert-OH is 1. The molecule has 6 heteroatoms. The Morgan fingerprint density at radius 3 is 2.88 bits per heavy atom. The van der Waals surface area contributed by atoms with Crippen molar-refractivity contribution in [3.05, 3.63) is 46.2 Å². The van der Waals surface area contributed by atoms with Crippen LogP contribution in [0.25, 0.3) is 0 Å². The van der Waals surface area contributed by atoms with Gasteiger partial charge in [0, 0.05) is 23.5 Å². The zero-order valence-electron chi connectivity index (χ0n) is 9.14. The average molecular weight is 300 g/mol. The molecule has 0 aliphatic heterocycles. The van der Waals surface area contributed by atoms with E-state index in [0.717, 1.165) is 0 Å². The minimum absolute atomic E-state index is 0.218. The lowest BCUT2D eigenvalue weighted by Crippen LogP contribution is -2.09. The van der Waals surface area contributed by atoms with Gasteiger partial charge < -0.3 is 5.11 Å². The van der Waals surface area contributed by atoms with Gasteiger partial charge in [0.15, 0.2) is 0 Å². The number of aromatic nitrogens is 3. The van der Waals surface area contributed by atoms with Crippen molar-refractivity contribution in [3.63, 3.8) is 0 Å². The molecule has 1 aromatic carbocycles. The summed E-state index contributed by atoms with van der Waals surface area (Å²) < 4.78 is 15.7. The molecule has 0 fully saturated rings. The zero-order valence-corrected chi connectivity index (χ0v) is 10.7. The van der Waals surface area contributed by atoms with Gasteiger partial charge in [0.1, 0.15) is 18.0 Å². The third kappa shape index (κ3) is 2.53. The minimum Gasteiger partial charge on any atom is -0.388 e. The van der Waals surface area contributed by atoms with E-state index in [1.54, 1.807) is 23.9 Å². The monoisotopic (exact) mass is 299 g/mol. The molecule has 4 nitrogen and oxygen atoms in total. The van der Waals surface area contributed by atoms with Crippen LogP contribution in [0.5, 0.6) is 0 Å². The van der Waals surface area contributed by atoms with Gasteiger partial charge >= 0.3 is 0 Å². The highest BCUT2D eigenvalue weighted by Crippen LogP contribution is 2.27. The Bertz CT molecular complexity index is 509. The van der Waals surface area contributed by atoms with Crippen LogP contribution in [0.1, 0.15) is 17.5 Å². The normalized spacial score (nSPS) is 12.7. The molecule has 0 saturated heterocycles. The van der Waals surface area contributed by atoms with Crippen molar-refractivity contribution in [1.82, 2.24) is 14.8 Å². The van der Waals surface area contributed by atoms with Crippen LogP contribution in [0.4, 0.5) is 4.39 Å². The number of hydrogen-bond acceptors (Lipinski definition) is 3. The first kappa shape index (κ1) is 12.2. The Morgan fingerprint density at radius 1 is 1.53 bits per heavy atom. The fourth-order valence-electron chi connectivity index (χ4n) is 1.61. The van der Waals surface area contributed by atoms with Crippen molar-refractivity contribution in [2.24, 2.45) is 7.05 Å². The number of aliphatic hydroxyl groups is 1. The molecule has 0 spiro atoms. The van der Waals surface area contributed by atoms with Gasteiger partial charge in [-0.15, -0.1) is 0 Å². The molecule has 0 radical (unpaired) electrons. The first-order valence-electron chi connectivity index (χ1n) is 5.04. The molecule has 0 bridgehead atoms. The van der Waals surface area contributed by atoms with E-state index in [0.29, 0.717) is 10.3 Å². The summed E-state index contributed by atoms with van der Waals surface area (Å²) in [5.41, 5.74) is 0.246. The molecule has 2 aromatic rings. The van der Waals surface area contributed by atoms with E-state index in [1.807, 2.05) is 0 Å². The van der Waals surface area contributed by atoms with Crippen LogP contribution in [0.15, 0.2) is 29.0 Å². The highest BCUT2D eigenvalue weighted by atomic mass is 79.9. The Labute approximate surface area is 106 Å². The van der Waals surface area contributed by atoms with E-state index in [1.165, 1.54) is 12.4 Å². The van der Waals surface area contributed by atoms with E-state index < -0.39 is 11.9 Å². The number of halogens is 2. The average Bonchev–Trinajstić information content (AvgIpc) is 2.64. The van der Waals surface area contributed by atoms with Crippen LogP contribution in [0.2, 0.25) is 0 Å². The fraction of sp³-hybridized carbons (Fsp3) is 0.273.